The molecule has 52 heavy (non-hydrogen) atoms. The highest BCUT2D eigenvalue weighted by molar-refractivity contribution is 5.55. The fourth-order valence-corrected chi connectivity index (χ4v) is 6.65. The van der Waals surface area contributed by atoms with Crippen molar-refractivity contribution in [3.8, 4) is 34.5 Å². The van der Waals surface area contributed by atoms with Gasteiger partial charge in [-0.15, -0.1) is 0 Å². The molecule has 9 N–H and O–H groups in total. The molecule has 0 aliphatic carbocycles. The van der Waals surface area contributed by atoms with Gasteiger partial charge < -0.3 is 88.6 Å². The number of aliphatic hydroxyl groups is 9. The molecule has 18 nitrogen and oxygen atoms in total. The van der Waals surface area contributed by atoms with Crippen LogP contribution in [0.15, 0.2) is 24.3 Å². The Bertz CT molecular complexity index is 1420. The third-order valence-corrected chi connectivity index (χ3v) is 9.63. The van der Waals surface area contributed by atoms with Crippen LogP contribution < -0.4 is 28.4 Å². The summed E-state index contributed by atoms with van der Waals surface area (Å²) in [6.07, 6.45) is -15.5. The Kier molecular flexibility index (Phi) is 13.3. The summed E-state index contributed by atoms with van der Waals surface area (Å²) in [5.74, 6) is 0.197. The Labute approximate surface area is 299 Å². The summed E-state index contributed by atoms with van der Waals surface area (Å²) in [6, 6.07) is 6.67. The van der Waals surface area contributed by atoms with Crippen molar-refractivity contribution in [2.75, 3.05) is 48.3 Å². The van der Waals surface area contributed by atoms with E-state index in [0.717, 1.165) is 5.56 Å². The van der Waals surface area contributed by atoms with E-state index in [1.165, 1.54) is 28.4 Å². The lowest BCUT2D eigenvalue weighted by Gasteiger charge is -2.39. The third kappa shape index (κ3) is 8.13. The van der Waals surface area contributed by atoms with Crippen LogP contribution in [0.4, 0.5) is 0 Å². The van der Waals surface area contributed by atoms with E-state index in [9.17, 15) is 46.0 Å². The standard InChI is InChI=1S/C34H48O18/c1-44-18-7-14(8-19(45-2)30(18)51-33-28(41)26(39)24(37)22(11-35)49-33)5-16-13-48-32(43)17(16)6-15-9-20(46-3)31(21(10-15)47-4)52-34-29(42)27(40)25(38)23(12-36)50-34/h7-10,16-17,22-29,32-43H,5-6,11-13H2,1-4H3/t16-,17+,22-,23-,24-,25-,26+,27+,28-,29-,32?,33+,34+/m1/s1. The summed E-state index contributed by atoms with van der Waals surface area (Å²) >= 11 is 0. The maximum atomic E-state index is 10.9. The summed E-state index contributed by atoms with van der Waals surface area (Å²) in [7, 11) is 5.58. The zero-order chi connectivity index (χ0) is 37.9. The normalized spacial score (nSPS) is 34.8. The number of hydrogen-bond donors (Lipinski definition) is 9. The molecule has 18 heteroatoms. The molecule has 0 aromatic heterocycles. The Hall–Kier alpha value is -3.24. The van der Waals surface area contributed by atoms with Gasteiger partial charge in [0.05, 0.1) is 48.3 Å². The average molecular weight is 745 g/mol. The van der Waals surface area contributed by atoms with E-state index < -0.39 is 86.8 Å². The molecule has 3 heterocycles. The van der Waals surface area contributed by atoms with Crippen molar-refractivity contribution in [1.29, 1.82) is 0 Å². The van der Waals surface area contributed by atoms with Gasteiger partial charge in [0, 0.05) is 5.92 Å². The first kappa shape index (κ1) is 40.0. The molecule has 5 rings (SSSR count). The fourth-order valence-electron chi connectivity index (χ4n) is 6.65. The third-order valence-electron chi connectivity index (χ3n) is 9.63. The van der Waals surface area contributed by atoms with Crippen LogP contribution in [0.1, 0.15) is 11.1 Å². The van der Waals surface area contributed by atoms with Crippen molar-refractivity contribution >= 4 is 0 Å². The van der Waals surface area contributed by atoms with Crippen molar-refractivity contribution in [3.63, 3.8) is 0 Å². The number of ether oxygens (including phenoxy) is 9. The van der Waals surface area contributed by atoms with Gasteiger partial charge in [0.15, 0.2) is 29.3 Å². The molecule has 292 valence electrons. The van der Waals surface area contributed by atoms with Crippen LogP contribution >= 0.6 is 0 Å². The molecule has 0 spiro atoms. The highest BCUT2D eigenvalue weighted by atomic mass is 16.7. The van der Waals surface area contributed by atoms with Crippen molar-refractivity contribution in [1.82, 2.24) is 0 Å². The minimum Gasteiger partial charge on any atom is -0.493 e. The molecule has 3 aliphatic heterocycles. The van der Waals surface area contributed by atoms with Gasteiger partial charge in [-0.05, 0) is 54.2 Å². The van der Waals surface area contributed by atoms with Gasteiger partial charge >= 0.3 is 0 Å². The molecule has 0 saturated carbocycles. The van der Waals surface area contributed by atoms with Crippen LogP contribution in [-0.2, 0) is 27.1 Å². The van der Waals surface area contributed by atoms with Gasteiger partial charge in [-0.1, -0.05) is 0 Å². The first-order chi connectivity index (χ1) is 24.9. The Balaban J connectivity index is 1.35. The van der Waals surface area contributed by atoms with Crippen molar-refractivity contribution in [3.05, 3.63) is 35.4 Å². The minimum absolute atomic E-state index is 0.0306. The second kappa shape index (κ2) is 17.3. The average Bonchev–Trinajstić information content (AvgIpc) is 3.49. The van der Waals surface area contributed by atoms with Crippen LogP contribution in [0.2, 0.25) is 0 Å². The molecule has 0 amide bonds. The fraction of sp³-hybridized carbons (Fsp3) is 0.647. The summed E-state index contributed by atoms with van der Waals surface area (Å²) in [4.78, 5) is 0. The van der Waals surface area contributed by atoms with E-state index in [4.69, 9.17) is 42.6 Å². The predicted molar refractivity (Wildman–Crippen MR) is 174 cm³/mol. The van der Waals surface area contributed by atoms with Crippen molar-refractivity contribution < 1.29 is 88.6 Å². The van der Waals surface area contributed by atoms with Gasteiger partial charge in [-0.25, -0.2) is 0 Å². The Morgan fingerprint density at radius 3 is 1.31 bits per heavy atom. The molecule has 2 aromatic carbocycles. The topological polar surface area (TPSA) is 265 Å². The van der Waals surface area contributed by atoms with E-state index in [1.54, 1.807) is 24.3 Å². The van der Waals surface area contributed by atoms with Gasteiger partial charge in [-0.3, -0.25) is 0 Å². The van der Waals surface area contributed by atoms with Crippen molar-refractivity contribution in [2.45, 2.75) is 80.5 Å². The molecule has 1 unspecified atom stereocenters. The Morgan fingerprint density at radius 1 is 0.558 bits per heavy atom. The Morgan fingerprint density at radius 2 is 0.942 bits per heavy atom. The number of aliphatic hydroxyl groups excluding tert-OH is 9. The number of rotatable bonds is 14. The molecule has 0 radical (unpaired) electrons. The summed E-state index contributed by atoms with van der Waals surface area (Å²) in [5, 5.41) is 91.7. The first-order valence-corrected chi connectivity index (χ1v) is 16.6. The minimum atomic E-state index is -1.66. The first-order valence-electron chi connectivity index (χ1n) is 16.6. The van der Waals surface area contributed by atoms with Crippen LogP contribution in [0, 0.1) is 11.8 Å². The van der Waals surface area contributed by atoms with E-state index >= 15 is 0 Å². The number of methoxy groups -OCH3 is 4. The van der Waals surface area contributed by atoms with Crippen molar-refractivity contribution in [2.24, 2.45) is 11.8 Å². The molecule has 3 aliphatic rings. The van der Waals surface area contributed by atoms with Crippen LogP contribution in [0.25, 0.3) is 0 Å². The summed E-state index contributed by atoms with van der Waals surface area (Å²) < 4.78 is 50.7. The SMILES string of the molecule is COc1cc(C[C@@H]2COC(O)[C@H]2Cc2cc(OC)c(O[C@@H]3O[C@H](CO)[C@@H](O)[C@H](O)[C@H]3O)c(OC)c2)cc(OC)c1O[C@@H]1O[C@H](CO)[C@@H](O)[C@H](O)[C@H]1O. The lowest BCUT2D eigenvalue weighted by Crippen LogP contribution is -2.60. The highest BCUT2D eigenvalue weighted by Crippen LogP contribution is 2.44. The molecule has 13 atom stereocenters. The maximum absolute atomic E-state index is 10.9. The van der Waals surface area contributed by atoms with Gasteiger partial charge in [0.2, 0.25) is 24.1 Å². The van der Waals surface area contributed by atoms with E-state index in [1.807, 2.05) is 0 Å². The monoisotopic (exact) mass is 744 g/mol. The predicted octanol–water partition coefficient (Wildman–Crippen LogP) is -2.56. The number of benzene rings is 2. The maximum Gasteiger partial charge on any atom is 0.229 e. The molecular formula is C34H48O18. The van der Waals surface area contributed by atoms with Gasteiger partial charge in [0.1, 0.15) is 48.8 Å². The summed E-state index contributed by atoms with van der Waals surface area (Å²) in [5.41, 5.74) is 1.40. The van der Waals surface area contributed by atoms with E-state index in [0.29, 0.717) is 18.4 Å². The second-order valence-electron chi connectivity index (χ2n) is 12.8. The summed E-state index contributed by atoms with van der Waals surface area (Å²) in [6.45, 7) is -1.05. The van der Waals surface area contributed by atoms with Gasteiger partial charge in [-0.2, -0.15) is 0 Å². The highest BCUT2D eigenvalue weighted by Gasteiger charge is 2.47. The molecule has 0 bridgehead atoms. The van der Waals surface area contributed by atoms with Crippen LogP contribution in [-0.4, -0.2) is 162 Å². The molecule has 3 fully saturated rings. The molecular weight excluding hydrogens is 696 g/mol. The van der Waals surface area contributed by atoms with E-state index in [2.05, 4.69) is 0 Å². The zero-order valence-electron chi connectivity index (χ0n) is 29.0. The van der Waals surface area contributed by atoms with Crippen LogP contribution in [0.3, 0.4) is 0 Å². The molecule has 2 aromatic rings. The lowest BCUT2D eigenvalue weighted by atomic mass is 9.84. The lowest BCUT2D eigenvalue weighted by molar-refractivity contribution is -0.277. The quantitative estimate of drug-likeness (QED) is 0.0964. The van der Waals surface area contributed by atoms with Gasteiger partial charge in [0.25, 0.3) is 0 Å². The zero-order valence-corrected chi connectivity index (χ0v) is 29.0. The molecule has 3 saturated heterocycles. The van der Waals surface area contributed by atoms with E-state index in [-0.39, 0.29) is 47.0 Å². The smallest absolute Gasteiger partial charge is 0.229 e. The largest absolute Gasteiger partial charge is 0.493 e. The number of hydrogen-bond acceptors (Lipinski definition) is 18. The van der Waals surface area contributed by atoms with Crippen LogP contribution in [0.5, 0.6) is 34.5 Å². The second-order valence-corrected chi connectivity index (χ2v) is 12.8.